The van der Waals surface area contributed by atoms with E-state index in [9.17, 15) is 9.59 Å². The minimum Gasteiger partial charge on any atom is -0.350 e. The average molecular weight is 565 g/mol. The number of carbonyl (C=O) groups excluding carboxylic acids is 2. The van der Waals surface area contributed by atoms with Crippen molar-refractivity contribution in [3.05, 3.63) is 120 Å². The van der Waals surface area contributed by atoms with Crippen molar-refractivity contribution in [1.29, 1.82) is 0 Å². The third kappa shape index (κ3) is 6.95. The highest BCUT2D eigenvalue weighted by Crippen LogP contribution is 2.27. The number of benzene rings is 3. The van der Waals surface area contributed by atoms with Gasteiger partial charge in [0.15, 0.2) is 0 Å². The maximum atomic E-state index is 13.9. The van der Waals surface area contributed by atoms with Crippen LogP contribution in [0.3, 0.4) is 0 Å². The molecule has 42 heavy (non-hydrogen) atoms. The molecule has 1 aromatic heterocycles. The third-order valence-electron chi connectivity index (χ3n) is 8.06. The quantitative estimate of drug-likeness (QED) is 0.255. The second-order valence-electron chi connectivity index (χ2n) is 10.9. The molecular weight excluding hydrogens is 524 g/mol. The molecular formula is C34H40N6O2. The zero-order valence-electron chi connectivity index (χ0n) is 24.2. The number of carbonyl (C=O) groups is 2. The number of nitrogens with zero attached hydrogens (tertiary/aromatic N) is 3. The molecule has 0 radical (unpaired) electrons. The molecule has 1 fully saturated rings. The van der Waals surface area contributed by atoms with E-state index in [2.05, 4.69) is 40.0 Å². The smallest absolute Gasteiger partial charge is 0.254 e. The van der Waals surface area contributed by atoms with Crippen molar-refractivity contribution in [2.24, 2.45) is 5.73 Å². The van der Waals surface area contributed by atoms with Gasteiger partial charge in [0, 0.05) is 31.6 Å². The fourth-order valence-electron chi connectivity index (χ4n) is 5.72. The van der Waals surface area contributed by atoms with Crippen LogP contribution in [0.5, 0.6) is 0 Å². The van der Waals surface area contributed by atoms with E-state index in [4.69, 9.17) is 5.73 Å². The summed E-state index contributed by atoms with van der Waals surface area (Å²) in [5, 5.41) is 11.1. The highest BCUT2D eigenvalue weighted by molar-refractivity contribution is 5.95. The maximum Gasteiger partial charge on any atom is 0.254 e. The molecule has 5 rings (SSSR count). The minimum atomic E-state index is -0.354. The molecule has 218 valence electrons. The molecule has 1 aliphatic heterocycles. The Hall–Kier alpha value is -4.27. The van der Waals surface area contributed by atoms with Gasteiger partial charge in [-0.2, -0.15) is 5.10 Å². The third-order valence-corrected chi connectivity index (χ3v) is 8.06. The number of nitrogens with one attached hydrogen (secondary N) is 2. The van der Waals surface area contributed by atoms with E-state index in [0.29, 0.717) is 38.2 Å². The molecule has 2 atom stereocenters. The number of hydrogen-bond acceptors (Lipinski definition) is 5. The Bertz CT molecular complexity index is 1400. The zero-order chi connectivity index (χ0) is 29.3. The fourth-order valence-corrected chi connectivity index (χ4v) is 5.72. The van der Waals surface area contributed by atoms with Crippen LogP contribution in [0.2, 0.25) is 0 Å². The van der Waals surface area contributed by atoms with Crippen molar-refractivity contribution in [1.82, 2.24) is 25.3 Å². The number of hydrogen-bond donors (Lipinski definition) is 3. The molecule has 2 amide bonds. The van der Waals surface area contributed by atoms with E-state index in [-0.39, 0.29) is 29.8 Å². The number of para-hydroxylation sites is 1. The maximum absolute atomic E-state index is 13.9. The topological polar surface area (TPSA) is 105 Å². The largest absolute Gasteiger partial charge is 0.350 e. The van der Waals surface area contributed by atoms with Crippen LogP contribution in [0.4, 0.5) is 0 Å². The van der Waals surface area contributed by atoms with Gasteiger partial charge in [-0.25, -0.2) is 4.68 Å². The average Bonchev–Trinajstić information content (AvgIpc) is 3.36. The normalized spacial score (nSPS) is 17.3. The Balaban J connectivity index is 1.29. The summed E-state index contributed by atoms with van der Waals surface area (Å²) in [6, 6.07) is 30.1. The van der Waals surface area contributed by atoms with Gasteiger partial charge < -0.3 is 21.3 Å². The molecule has 0 aliphatic carbocycles. The molecule has 2 heterocycles. The molecule has 4 N–H and O–H groups in total. The Labute approximate surface area is 247 Å². The highest BCUT2D eigenvalue weighted by Gasteiger charge is 2.32. The molecule has 1 saturated heterocycles. The van der Waals surface area contributed by atoms with E-state index in [1.165, 1.54) is 11.1 Å². The Kier molecular flexibility index (Phi) is 9.79. The molecule has 0 spiro atoms. The first-order valence-corrected chi connectivity index (χ1v) is 14.8. The SMILES string of the molecule is Cc1c(C(=O)NC[C@@H]2CCN(CC(c3ccccc3)c3ccccc3)C(=O)[C@H](CCCN)N2)cnn1-c1ccccc1. The standard InChI is InChI=1S/C34H40N6O2/c1-25-30(23-37-40(25)29-16-9-4-10-17-29)33(41)36-22-28-19-21-39(34(42)32(38-28)18-11-20-35)24-31(26-12-5-2-6-13-26)27-14-7-3-8-15-27/h2-10,12-17,23,28,31-32,38H,11,18-22,24,35H2,1H3,(H,36,41)/t28-,32-/m0/s1. The van der Waals surface area contributed by atoms with Crippen LogP contribution in [0.15, 0.2) is 97.2 Å². The lowest BCUT2D eigenvalue weighted by Crippen LogP contribution is -2.49. The van der Waals surface area contributed by atoms with E-state index >= 15 is 0 Å². The van der Waals surface area contributed by atoms with Crippen molar-refractivity contribution in [2.45, 2.75) is 44.2 Å². The predicted octanol–water partition coefficient (Wildman–Crippen LogP) is 4.04. The lowest BCUT2D eigenvalue weighted by Gasteiger charge is -2.29. The van der Waals surface area contributed by atoms with Crippen molar-refractivity contribution in [3.63, 3.8) is 0 Å². The molecule has 0 bridgehead atoms. The summed E-state index contributed by atoms with van der Waals surface area (Å²) >= 11 is 0. The summed E-state index contributed by atoms with van der Waals surface area (Å²) in [7, 11) is 0. The lowest BCUT2D eigenvalue weighted by molar-refractivity contribution is -0.133. The van der Waals surface area contributed by atoms with Crippen molar-refractivity contribution < 1.29 is 9.59 Å². The second kappa shape index (κ2) is 14.1. The van der Waals surface area contributed by atoms with Crippen molar-refractivity contribution in [3.8, 4) is 5.69 Å². The van der Waals surface area contributed by atoms with Crippen LogP contribution in [0, 0.1) is 6.92 Å². The molecule has 0 unspecified atom stereocenters. The Morgan fingerprint density at radius 3 is 2.24 bits per heavy atom. The van der Waals surface area contributed by atoms with Gasteiger partial charge in [-0.15, -0.1) is 0 Å². The molecule has 1 aliphatic rings. The summed E-state index contributed by atoms with van der Waals surface area (Å²) in [4.78, 5) is 29.0. The van der Waals surface area contributed by atoms with Crippen molar-refractivity contribution >= 4 is 11.8 Å². The molecule has 3 aromatic carbocycles. The Morgan fingerprint density at radius 1 is 1.00 bits per heavy atom. The lowest BCUT2D eigenvalue weighted by atomic mass is 9.90. The number of amides is 2. The highest BCUT2D eigenvalue weighted by atomic mass is 16.2. The van der Waals surface area contributed by atoms with E-state index in [0.717, 1.165) is 24.2 Å². The first-order chi connectivity index (χ1) is 20.5. The van der Waals surface area contributed by atoms with Crippen LogP contribution >= 0.6 is 0 Å². The van der Waals surface area contributed by atoms with Crippen LogP contribution in [-0.2, 0) is 4.79 Å². The predicted molar refractivity (Wildman–Crippen MR) is 166 cm³/mol. The molecule has 8 nitrogen and oxygen atoms in total. The number of nitrogens with two attached hydrogens (primary N) is 1. The van der Waals surface area contributed by atoms with Gasteiger partial charge in [0.1, 0.15) is 0 Å². The van der Waals surface area contributed by atoms with Crippen LogP contribution < -0.4 is 16.4 Å². The van der Waals surface area contributed by atoms with Gasteiger partial charge in [0.25, 0.3) is 5.91 Å². The molecule has 0 saturated carbocycles. The van der Waals surface area contributed by atoms with Gasteiger partial charge in [-0.05, 0) is 56.0 Å². The van der Waals surface area contributed by atoms with Crippen molar-refractivity contribution in [2.75, 3.05) is 26.2 Å². The van der Waals surface area contributed by atoms with Crippen LogP contribution in [0.1, 0.15) is 52.4 Å². The number of rotatable bonds is 11. The van der Waals surface area contributed by atoms with Gasteiger partial charge >= 0.3 is 0 Å². The molecule has 8 heteroatoms. The number of aromatic nitrogens is 2. The fraction of sp³-hybridized carbons (Fsp3) is 0.324. The van der Waals surface area contributed by atoms with E-state index < -0.39 is 0 Å². The summed E-state index contributed by atoms with van der Waals surface area (Å²) in [5.41, 5.74) is 10.4. The van der Waals surface area contributed by atoms with Gasteiger partial charge in [0.05, 0.1) is 29.2 Å². The summed E-state index contributed by atoms with van der Waals surface area (Å²) in [5.74, 6) is -0.0170. The monoisotopic (exact) mass is 564 g/mol. The van der Waals surface area contributed by atoms with Gasteiger partial charge in [-0.3, -0.25) is 9.59 Å². The first kappa shape index (κ1) is 29.2. The zero-order valence-corrected chi connectivity index (χ0v) is 24.2. The summed E-state index contributed by atoms with van der Waals surface area (Å²) in [6.07, 6.45) is 3.74. The van der Waals surface area contributed by atoms with E-state index in [1.807, 2.05) is 78.6 Å². The van der Waals surface area contributed by atoms with Gasteiger partial charge in [-0.1, -0.05) is 78.9 Å². The second-order valence-corrected chi connectivity index (χ2v) is 10.9. The minimum absolute atomic E-state index is 0.0537. The van der Waals surface area contributed by atoms with Gasteiger partial charge in [0.2, 0.25) is 5.91 Å². The molecule has 4 aromatic rings. The first-order valence-electron chi connectivity index (χ1n) is 14.8. The van der Waals surface area contributed by atoms with Crippen LogP contribution in [-0.4, -0.2) is 64.8 Å². The Morgan fingerprint density at radius 2 is 1.62 bits per heavy atom. The summed E-state index contributed by atoms with van der Waals surface area (Å²) in [6.45, 7) is 4.02. The summed E-state index contributed by atoms with van der Waals surface area (Å²) < 4.78 is 1.77. The van der Waals surface area contributed by atoms with Crippen LogP contribution in [0.25, 0.3) is 5.69 Å². The van der Waals surface area contributed by atoms with E-state index in [1.54, 1.807) is 10.9 Å².